The van der Waals surface area contributed by atoms with Gasteiger partial charge in [0.15, 0.2) is 0 Å². The molecule has 62 heavy (non-hydrogen) atoms. The Labute approximate surface area is 389 Å². The fourth-order valence-electron chi connectivity index (χ4n) is 8.78. The molecule has 2 unspecified atom stereocenters. The van der Waals surface area contributed by atoms with E-state index in [0.29, 0.717) is 6.42 Å². The molecule has 4 nitrogen and oxygen atoms in total. The molecule has 0 rings (SSSR count). The SMILES string of the molecule is CCCCCCCCCCCCCC/C=C\CCCCCCCCCCCCCC(=O)NC(CO)C(O)/C=C/CC/C=C/CCCCCCCCCCCCCCCCCCC. The summed E-state index contributed by atoms with van der Waals surface area (Å²) in [6.45, 7) is 4.33. The number of allylic oxidation sites excluding steroid dienone is 5. The highest BCUT2D eigenvalue weighted by atomic mass is 16.3. The number of carbonyl (C=O) groups is 1. The van der Waals surface area contributed by atoms with Crippen molar-refractivity contribution in [3.8, 4) is 0 Å². The first-order chi connectivity index (χ1) is 30.7. The molecule has 0 radical (unpaired) electrons. The summed E-state index contributed by atoms with van der Waals surface area (Å²) in [5.74, 6) is -0.0705. The van der Waals surface area contributed by atoms with Gasteiger partial charge in [0.25, 0.3) is 0 Å². The molecule has 3 N–H and O–H groups in total. The smallest absolute Gasteiger partial charge is 0.220 e. The molecule has 0 spiro atoms. The van der Waals surface area contributed by atoms with E-state index >= 15 is 0 Å². The summed E-state index contributed by atoms with van der Waals surface area (Å²) < 4.78 is 0. The highest BCUT2D eigenvalue weighted by molar-refractivity contribution is 5.76. The molecular weight excluding hydrogens is 759 g/mol. The van der Waals surface area contributed by atoms with Crippen LogP contribution in [0.5, 0.6) is 0 Å². The topological polar surface area (TPSA) is 69.6 Å². The maximum Gasteiger partial charge on any atom is 0.220 e. The quantitative estimate of drug-likeness (QED) is 0.0421. The van der Waals surface area contributed by atoms with Crippen molar-refractivity contribution in [3.63, 3.8) is 0 Å². The molecule has 0 saturated carbocycles. The first kappa shape index (κ1) is 60.6. The van der Waals surface area contributed by atoms with Crippen molar-refractivity contribution in [2.24, 2.45) is 0 Å². The summed E-state index contributed by atoms with van der Waals surface area (Å²) >= 11 is 0. The van der Waals surface area contributed by atoms with Crippen LogP contribution in [0.15, 0.2) is 36.5 Å². The lowest BCUT2D eigenvalue weighted by molar-refractivity contribution is -0.123. The second-order valence-corrected chi connectivity index (χ2v) is 19.3. The molecule has 0 aliphatic carbocycles. The fourth-order valence-corrected chi connectivity index (χ4v) is 8.78. The van der Waals surface area contributed by atoms with Crippen molar-refractivity contribution in [2.75, 3.05) is 6.61 Å². The van der Waals surface area contributed by atoms with E-state index in [1.807, 2.05) is 6.08 Å². The van der Waals surface area contributed by atoms with Crippen LogP contribution in [0.25, 0.3) is 0 Å². The van der Waals surface area contributed by atoms with Gasteiger partial charge in [0.05, 0.1) is 18.8 Å². The van der Waals surface area contributed by atoms with Crippen LogP contribution in [0.1, 0.15) is 309 Å². The van der Waals surface area contributed by atoms with Crippen LogP contribution in [0.4, 0.5) is 0 Å². The molecule has 0 saturated heterocycles. The Morgan fingerprint density at radius 1 is 0.371 bits per heavy atom. The van der Waals surface area contributed by atoms with Gasteiger partial charge in [-0.05, 0) is 57.8 Å². The Morgan fingerprint density at radius 3 is 0.935 bits per heavy atom. The van der Waals surface area contributed by atoms with Gasteiger partial charge in [-0.2, -0.15) is 0 Å². The number of hydrogen-bond acceptors (Lipinski definition) is 3. The number of aliphatic hydroxyl groups excluding tert-OH is 2. The van der Waals surface area contributed by atoms with Crippen LogP contribution >= 0.6 is 0 Å². The lowest BCUT2D eigenvalue weighted by atomic mass is 10.0. The predicted molar refractivity (Wildman–Crippen MR) is 276 cm³/mol. The number of hydrogen-bond donors (Lipinski definition) is 3. The molecule has 0 aliphatic heterocycles. The Bertz CT molecular complexity index is 943. The zero-order valence-electron chi connectivity index (χ0n) is 42.2. The van der Waals surface area contributed by atoms with E-state index in [-0.39, 0.29) is 12.5 Å². The third-order valence-corrected chi connectivity index (χ3v) is 13.1. The average molecular weight is 871 g/mol. The Hall–Kier alpha value is -1.39. The number of aliphatic hydroxyl groups is 2. The zero-order valence-corrected chi connectivity index (χ0v) is 42.2. The second-order valence-electron chi connectivity index (χ2n) is 19.3. The van der Waals surface area contributed by atoms with Gasteiger partial charge in [-0.1, -0.05) is 281 Å². The molecule has 1 amide bonds. The van der Waals surface area contributed by atoms with Gasteiger partial charge in [-0.3, -0.25) is 4.79 Å². The number of nitrogens with one attached hydrogen (secondary N) is 1. The number of unbranched alkanes of at least 4 members (excludes halogenated alkanes) is 41. The maximum atomic E-state index is 12.5. The second kappa shape index (κ2) is 53.9. The van der Waals surface area contributed by atoms with Crippen LogP contribution in [0.2, 0.25) is 0 Å². The van der Waals surface area contributed by atoms with E-state index in [2.05, 4.69) is 43.5 Å². The third kappa shape index (κ3) is 49.6. The van der Waals surface area contributed by atoms with Crippen LogP contribution in [-0.2, 0) is 4.79 Å². The van der Waals surface area contributed by atoms with Crippen molar-refractivity contribution in [1.29, 1.82) is 0 Å². The monoisotopic (exact) mass is 870 g/mol. The van der Waals surface area contributed by atoms with Crippen molar-refractivity contribution < 1.29 is 15.0 Å². The minimum Gasteiger partial charge on any atom is -0.394 e. The van der Waals surface area contributed by atoms with E-state index < -0.39 is 12.1 Å². The van der Waals surface area contributed by atoms with Gasteiger partial charge >= 0.3 is 0 Å². The molecule has 0 bridgehead atoms. The number of carbonyl (C=O) groups excluding carboxylic acids is 1. The van der Waals surface area contributed by atoms with E-state index in [1.54, 1.807) is 6.08 Å². The van der Waals surface area contributed by atoms with E-state index in [4.69, 9.17) is 0 Å². The molecule has 4 heteroatoms. The van der Waals surface area contributed by atoms with Crippen molar-refractivity contribution in [2.45, 2.75) is 321 Å². The summed E-state index contributed by atoms with van der Waals surface area (Å²) in [5, 5.41) is 23.1. The molecule has 0 heterocycles. The molecule has 0 aromatic rings. The first-order valence-electron chi connectivity index (χ1n) is 28.2. The van der Waals surface area contributed by atoms with Crippen LogP contribution in [0, 0.1) is 0 Å². The fraction of sp³-hybridized carbons (Fsp3) is 0.879. The summed E-state index contributed by atoms with van der Waals surface area (Å²) in [5.41, 5.74) is 0. The Morgan fingerprint density at radius 2 is 0.629 bits per heavy atom. The van der Waals surface area contributed by atoms with Crippen LogP contribution in [0.3, 0.4) is 0 Å². The van der Waals surface area contributed by atoms with Crippen molar-refractivity contribution in [3.05, 3.63) is 36.5 Å². The maximum absolute atomic E-state index is 12.5. The van der Waals surface area contributed by atoms with E-state index in [0.717, 1.165) is 32.1 Å². The van der Waals surface area contributed by atoms with Gasteiger partial charge in [0.1, 0.15) is 0 Å². The van der Waals surface area contributed by atoms with Crippen molar-refractivity contribution in [1.82, 2.24) is 5.32 Å². The van der Waals surface area contributed by atoms with E-state index in [1.165, 1.54) is 257 Å². The van der Waals surface area contributed by atoms with Gasteiger partial charge in [0.2, 0.25) is 5.91 Å². The van der Waals surface area contributed by atoms with Gasteiger partial charge in [-0.15, -0.1) is 0 Å². The molecule has 0 aromatic carbocycles. The molecule has 0 aromatic heterocycles. The number of amides is 1. The molecule has 0 aliphatic rings. The molecule has 0 fully saturated rings. The lowest BCUT2D eigenvalue weighted by Gasteiger charge is -2.19. The summed E-state index contributed by atoms with van der Waals surface area (Å²) in [4.78, 5) is 12.5. The standard InChI is InChI=1S/C58H111NO3/c1-3-5-7-9-11-13-15-17-19-21-23-25-27-28-29-30-32-34-36-38-40-42-44-46-48-50-52-54-58(62)59-56(55-60)57(61)53-51-49-47-45-43-41-39-37-35-33-31-26-24-22-20-18-16-14-12-10-8-6-4-2/h28-29,43,45,51,53,56-57,60-61H,3-27,30-42,44,46-50,52,54-55H2,1-2H3,(H,59,62)/b29-28-,45-43+,53-51+. The normalized spacial score (nSPS) is 13.0. The molecule has 2 atom stereocenters. The minimum atomic E-state index is -0.863. The summed E-state index contributed by atoms with van der Waals surface area (Å²) in [7, 11) is 0. The number of rotatable bonds is 52. The summed E-state index contributed by atoms with van der Waals surface area (Å²) in [6, 6.07) is -0.639. The minimum absolute atomic E-state index is 0.0705. The predicted octanol–water partition coefficient (Wildman–Crippen LogP) is 18.5. The lowest BCUT2D eigenvalue weighted by Crippen LogP contribution is -2.45. The molecular formula is C58H111NO3. The molecule has 366 valence electrons. The van der Waals surface area contributed by atoms with E-state index in [9.17, 15) is 15.0 Å². The summed E-state index contributed by atoms with van der Waals surface area (Å²) in [6.07, 6.45) is 73.1. The Balaban J connectivity index is 3.51. The highest BCUT2D eigenvalue weighted by Crippen LogP contribution is 2.17. The Kier molecular flexibility index (Phi) is 52.7. The third-order valence-electron chi connectivity index (χ3n) is 13.1. The van der Waals surface area contributed by atoms with Crippen molar-refractivity contribution >= 4 is 5.91 Å². The van der Waals surface area contributed by atoms with Crippen LogP contribution in [-0.4, -0.2) is 34.9 Å². The first-order valence-corrected chi connectivity index (χ1v) is 28.2. The van der Waals surface area contributed by atoms with Gasteiger partial charge in [-0.25, -0.2) is 0 Å². The van der Waals surface area contributed by atoms with Gasteiger partial charge < -0.3 is 15.5 Å². The highest BCUT2D eigenvalue weighted by Gasteiger charge is 2.18. The average Bonchev–Trinajstić information content (AvgIpc) is 3.28. The van der Waals surface area contributed by atoms with Crippen LogP contribution < -0.4 is 5.32 Å². The van der Waals surface area contributed by atoms with Gasteiger partial charge in [0, 0.05) is 6.42 Å². The zero-order chi connectivity index (χ0) is 44.9. The largest absolute Gasteiger partial charge is 0.394 e.